The Morgan fingerprint density at radius 1 is 1.29 bits per heavy atom. The molecule has 0 spiro atoms. The van der Waals surface area contributed by atoms with E-state index in [1.807, 2.05) is 0 Å². The summed E-state index contributed by atoms with van der Waals surface area (Å²) < 4.78 is 0. The van der Waals surface area contributed by atoms with Gasteiger partial charge < -0.3 is 21.5 Å². The van der Waals surface area contributed by atoms with Crippen molar-refractivity contribution in [1.82, 2.24) is 15.5 Å². The molecule has 1 aliphatic carbocycles. The average Bonchev–Trinajstić information content (AvgIpc) is 2.55. The lowest BCUT2D eigenvalue weighted by Gasteiger charge is -2.32. The highest BCUT2D eigenvalue weighted by molar-refractivity contribution is 5.73. The normalized spacial score (nSPS) is 24.6. The van der Waals surface area contributed by atoms with Gasteiger partial charge >= 0.3 is 6.03 Å². The third kappa shape index (κ3) is 4.69. The quantitative estimate of drug-likeness (QED) is 0.608. The van der Waals surface area contributed by atoms with Crippen LogP contribution in [0.2, 0.25) is 0 Å². The van der Waals surface area contributed by atoms with Crippen LogP contribution in [0.5, 0.6) is 0 Å². The molecule has 3 rings (SSSR count). The van der Waals surface area contributed by atoms with Gasteiger partial charge in [0.15, 0.2) is 0 Å². The fourth-order valence-electron chi connectivity index (χ4n) is 3.54. The number of benzene rings is 1. The van der Waals surface area contributed by atoms with Crippen LogP contribution in [0.25, 0.3) is 0 Å². The van der Waals surface area contributed by atoms with E-state index >= 15 is 0 Å². The number of nitrogens with zero attached hydrogens (tertiary/aromatic N) is 1. The lowest BCUT2D eigenvalue weighted by Crippen LogP contribution is -2.47. The number of amides is 2. The number of aliphatic hydroxyl groups is 1. The average molecular weight is 332 g/mol. The zero-order valence-corrected chi connectivity index (χ0v) is 14.1. The van der Waals surface area contributed by atoms with Crippen LogP contribution in [0.4, 0.5) is 4.79 Å². The lowest BCUT2D eigenvalue weighted by molar-refractivity contribution is 0.105. The fourth-order valence-corrected chi connectivity index (χ4v) is 3.54. The zero-order valence-electron chi connectivity index (χ0n) is 14.1. The van der Waals surface area contributed by atoms with Crippen LogP contribution in [0.3, 0.4) is 0 Å². The molecule has 6 nitrogen and oxygen atoms in total. The predicted octanol–water partition coefficient (Wildman–Crippen LogP) is 0.442. The van der Waals surface area contributed by atoms with Crippen LogP contribution in [-0.2, 0) is 13.0 Å². The van der Waals surface area contributed by atoms with Crippen LogP contribution in [-0.4, -0.2) is 54.4 Å². The minimum atomic E-state index is -0.557. The van der Waals surface area contributed by atoms with E-state index in [0.717, 1.165) is 32.4 Å². The molecule has 1 atom stereocenters. The Hall–Kier alpha value is -1.63. The molecule has 0 unspecified atom stereocenters. The van der Waals surface area contributed by atoms with Gasteiger partial charge in [-0.25, -0.2) is 4.79 Å². The van der Waals surface area contributed by atoms with Crippen molar-refractivity contribution in [3.8, 4) is 0 Å². The van der Waals surface area contributed by atoms with Crippen LogP contribution in [0, 0.1) is 5.92 Å². The van der Waals surface area contributed by atoms with Gasteiger partial charge in [0.2, 0.25) is 0 Å². The summed E-state index contributed by atoms with van der Waals surface area (Å²) in [5.41, 5.74) is 8.46. The first kappa shape index (κ1) is 17.2. The summed E-state index contributed by atoms with van der Waals surface area (Å²) in [5.74, 6) is 0.504. The molecule has 1 fully saturated rings. The van der Waals surface area contributed by atoms with Gasteiger partial charge in [-0.15, -0.1) is 0 Å². The van der Waals surface area contributed by atoms with Gasteiger partial charge in [-0.1, -0.05) is 24.3 Å². The second-order valence-electron chi connectivity index (χ2n) is 7.10. The first-order valence-corrected chi connectivity index (χ1v) is 8.84. The van der Waals surface area contributed by atoms with E-state index in [9.17, 15) is 9.90 Å². The Morgan fingerprint density at radius 3 is 2.79 bits per heavy atom. The molecule has 1 saturated carbocycles. The SMILES string of the molecule is NC1CC(CNC(=O)NC[C@@H](O)CN2CCc3ccccc3C2)C1. The topological polar surface area (TPSA) is 90.6 Å². The Kier molecular flexibility index (Phi) is 5.71. The van der Waals surface area contributed by atoms with Gasteiger partial charge in [-0.2, -0.15) is 0 Å². The summed E-state index contributed by atoms with van der Waals surface area (Å²) in [4.78, 5) is 14.0. The van der Waals surface area contributed by atoms with Crippen molar-refractivity contribution in [2.75, 3.05) is 26.2 Å². The number of nitrogens with one attached hydrogen (secondary N) is 2. The first-order valence-electron chi connectivity index (χ1n) is 8.84. The molecule has 24 heavy (non-hydrogen) atoms. The molecule has 0 bridgehead atoms. The van der Waals surface area contributed by atoms with Gasteiger partial charge in [0.1, 0.15) is 0 Å². The van der Waals surface area contributed by atoms with E-state index in [4.69, 9.17) is 5.73 Å². The zero-order chi connectivity index (χ0) is 16.9. The predicted molar refractivity (Wildman–Crippen MR) is 93.5 cm³/mol. The van der Waals surface area contributed by atoms with Gasteiger partial charge in [0.05, 0.1) is 6.10 Å². The minimum absolute atomic E-state index is 0.210. The highest BCUT2D eigenvalue weighted by Crippen LogP contribution is 2.24. The van der Waals surface area contributed by atoms with E-state index in [2.05, 4.69) is 39.8 Å². The van der Waals surface area contributed by atoms with Crippen molar-refractivity contribution in [3.63, 3.8) is 0 Å². The summed E-state index contributed by atoms with van der Waals surface area (Å²) in [6, 6.07) is 8.54. The molecule has 0 radical (unpaired) electrons. The smallest absolute Gasteiger partial charge is 0.314 e. The van der Waals surface area contributed by atoms with Gasteiger partial charge in [0.25, 0.3) is 0 Å². The molecule has 2 amide bonds. The van der Waals surface area contributed by atoms with E-state index in [-0.39, 0.29) is 12.6 Å². The molecular weight excluding hydrogens is 304 g/mol. The largest absolute Gasteiger partial charge is 0.390 e. The molecule has 1 heterocycles. The number of fused-ring (bicyclic) bond motifs is 1. The number of hydrogen-bond donors (Lipinski definition) is 4. The molecule has 1 aliphatic heterocycles. The minimum Gasteiger partial charge on any atom is -0.390 e. The van der Waals surface area contributed by atoms with Gasteiger partial charge in [-0.3, -0.25) is 4.90 Å². The van der Waals surface area contributed by atoms with E-state index in [1.165, 1.54) is 11.1 Å². The number of aliphatic hydroxyl groups excluding tert-OH is 1. The standard InChI is InChI=1S/C18H28N4O2/c19-16-7-13(8-16)9-20-18(24)21-10-17(23)12-22-6-5-14-3-1-2-4-15(14)11-22/h1-4,13,16-17,23H,5-12,19H2,(H2,20,21,24)/t13?,16?,17-/m1/s1. The maximum atomic E-state index is 11.8. The number of urea groups is 1. The van der Waals surface area contributed by atoms with Crippen LogP contribution >= 0.6 is 0 Å². The molecule has 132 valence electrons. The first-order chi connectivity index (χ1) is 11.6. The summed E-state index contributed by atoms with van der Waals surface area (Å²) >= 11 is 0. The summed E-state index contributed by atoms with van der Waals surface area (Å²) in [5, 5.41) is 15.8. The number of rotatable bonds is 6. The van der Waals surface area contributed by atoms with Gasteiger partial charge in [0, 0.05) is 38.8 Å². The van der Waals surface area contributed by atoms with E-state index in [1.54, 1.807) is 0 Å². The fraction of sp³-hybridized carbons (Fsp3) is 0.611. The second-order valence-corrected chi connectivity index (χ2v) is 7.10. The number of hydrogen-bond acceptors (Lipinski definition) is 4. The Morgan fingerprint density at radius 2 is 2.04 bits per heavy atom. The summed E-state index contributed by atoms with van der Waals surface area (Å²) in [6.45, 7) is 3.32. The van der Waals surface area contributed by atoms with Crippen molar-refractivity contribution >= 4 is 6.03 Å². The maximum absolute atomic E-state index is 11.8. The Balaban J connectivity index is 1.32. The molecule has 0 aromatic heterocycles. The second kappa shape index (κ2) is 7.96. The van der Waals surface area contributed by atoms with Crippen LogP contribution in [0.1, 0.15) is 24.0 Å². The summed E-state index contributed by atoms with van der Waals surface area (Å²) in [6.07, 6.45) is 2.43. The number of carbonyl (C=O) groups excluding carboxylic acids is 1. The molecule has 1 aromatic carbocycles. The lowest BCUT2D eigenvalue weighted by atomic mass is 9.81. The molecule has 2 aliphatic rings. The van der Waals surface area contributed by atoms with Crippen LogP contribution < -0.4 is 16.4 Å². The molecule has 5 N–H and O–H groups in total. The molecule has 0 saturated heterocycles. The third-order valence-electron chi connectivity index (χ3n) is 5.00. The highest BCUT2D eigenvalue weighted by atomic mass is 16.3. The Labute approximate surface area is 143 Å². The van der Waals surface area contributed by atoms with E-state index in [0.29, 0.717) is 25.0 Å². The number of carbonyl (C=O) groups is 1. The van der Waals surface area contributed by atoms with Gasteiger partial charge in [-0.05, 0) is 36.3 Å². The number of nitrogens with two attached hydrogens (primary N) is 1. The van der Waals surface area contributed by atoms with Crippen molar-refractivity contribution in [2.45, 2.75) is 38.0 Å². The number of β-amino-alcohol motifs (C(OH)–C–C–N with tert-alkyl or cyclic N) is 1. The van der Waals surface area contributed by atoms with Crippen molar-refractivity contribution < 1.29 is 9.90 Å². The van der Waals surface area contributed by atoms with Crippen molar-refractivity contribution in [3.05, 3.63) is 35.4 Å². The van der Waals surface area contributed by atoms with Crippen molar-refractivity contribution in [1.29, 1.82) is 0 Å². The Bertz CT molecular complexity index is 560. The van der Waals surface area contributed by atoms with Crippen molar-refractivity contribution in [2.24, 2.45) is 11.7 Å². The maximum Gasteiger partial charge on any atom is 0.314 e. The summed E-state index contributed by atoms with van der Waals surface area (Å²) in [7, 11) is 0. The molecule has 1 aromatic rings. The highest BCUT2D eigenvalue weighted by Gasteiger charge is 2.26. The monoisotopic (exact) mass is 332 g/mol. The molecular formula is C18H28N4O2. The van der Waals surface area contributed by atoms with E-state index < -0.39 is 6.10 Å². The van der Waals surface area contributed by atoms with Crippen LogP contribution in [0.15, 0.2) is 24.3 Å². The molecule has 6 heteroatoms. The third-order valence-corrected chi connectivity index (χ3v) is 5.00.